The van der Waals surface area contributed by atoms with Gasteiger partial charge in [-0.15, -0.1) is 0 Å². The monoisotopic (exact) mass is 320 g/mol. The third kappa shape index (κ3) is 3.60. The highest BCUT2D eigenvalue weighted by atomic mass is 35.5. The average molecular weight is 321 g/mol. The van der Waals surface area contributed by atoms with Gasteiger partial charge in [0.05, 0.1) is 17.6 Å². The van der Waals surface area contributed by atoms with Crippen LogP contribution in [0.25, 0.3) is 0 Å². The van der Waals surface area contributed by atoms with Crippen molar-refractivity contribution in [1.82, 2.24) is 5.32 Å². The molecule has 0 saturated heterocycles. The van der Waals surface area contributed by atoms with E-state index < -0.39 is 16.9 Å². The van der Waals surface area contributed by atoms with Gasteiger partial charge in [0.1, 0.15) is 5.02 Å². The van der Waals surface area contributed by atoms with E-state index in [-0.39, 0.29) is 22.9 Å². The number of nitro groups is 1. The minimum Gasteiger partial charge on any atom is -0.394 e. The molecule has 0 saturated carbocycles. The number of hydrogen-bond donors (Lipinski definition) is 2. The molecule has 2 rings (SSSR count). The van der Waals surface area contributed by atoms with E-state index in [0.717, 1.165) is 5.56 Å². The molecule has 2 aromatic carbocycles. The SMILES string of the molecule is O=C(NC(CO)c1ccccc1)c1ccc([N+](=O)[O-])c(Cl)c1. The average Bonchev–Trinajstić information content (AvgIpc) is 2.52. The predicted octanol–water partition coefficient (Wildman–Crippen LogP) is 2.71. The summed E-state index contributed by atoms with van der Waals surface area (Å²) in [6.45, 7) is -0.267. The summed E-state index contributed by atoms with van der Waals surface area (Å²) in [7, 11) is 0. The van der Waals surface area contributed by atoms with Gasteiger partial charge in [-0.1, -0.05) is 41.9 Å². The number of rotatable bonds is 5. The number of aliphatic hydroxyl groups is 1. The van der Waals surface area contributed by atoms with Crippen LogP contribution in [0.15, 0.2) is 48.5 Å². The number of nitro benzene ring substituents is 1. The van der Waals surface area contributed by atoms with Gasteiger partial charge in [0, 0.05) is 11.6 Å². The van der Waals surface area contributed by atoms with Crippen molar-refractivity contribution >= 4 is 23.2 Å². The van der Waals surface area contributed by atoms with E-state index in [1.165, 1.54) is 18.2 Å². The zero-order valence-electron chi connectivity index (χ0n) is 11.4. The zero-order valence-corrected chi connectivity index (χ0v) is 12.2. The van der Waals surface area contributed by atoms with E-state index in [4.69, 9.17) is 11.6 Å². The van der Waals surface area contributed by atoms with Gasteiger partial charge < -0.3 is 10.4 Å². The van der Waals surface area contributed by atoms with E-state index in [0.29, 0.717) is 0 Å². The highest BCUT2D eigenvalue weighted by Gasteiger charge is 2.18. The molecule has 0 aliphatic rings. The molecule has 0 heterocycles. The van der Waals surface area contributed by atoms with Crippen LogP contribution in [0.4, 0.5) is 5.69 Å². The largest absolute Gasteiger partial charge is 0.394 e. The Morgan fingerprint density at radius 3 is 2.50 bits per heavy atom. The van der Waals surface area contributed by atoms with Crippen LogP contribution in [0.2, 0.25) is 5.02 Å². The quantitative estimate of drug-likeness (QED) is 0.654. The van der Waals surface area contributed by atoms with Crippen molar-refractivity contribution in [3.05, 3.63) is 74.8 Å². The summed E-state index contributed by atoms with van der Waals surface area (Å²) in [5.41, 5.74) is 0.677. The van der Waals surface area contributed by atoms with Gasteiger partial charge >= 0.3 is 0 Å². The second-order valence-corrected chi connectivity index (χ2v) is 4.95. The maximum atomic E-state index is 12.2. The Balaban J connectivity index is 2.18. The highest BCUT2D eigenvalue weighted by molar-refractivity contribution is 6.33. The van der Waals surface area contributed by atoms with Gasteiger partial charge in [-0.25, -0.2) is 0 Å². The van der Waals surface area contributed by atoms with Crippen LogP contribution in [0, 0.1) is 10.1 Å². The second kappa shape index (κ2) is 7.02. The molecule has 0 bridgehead atoms. The summed E-state index contributed by atoms with van der Waals surface area (Å²) in [5.74, 6) is -0.472. The first kappa shape index (κ1) is 15.9. The number of nitrogens with one attached hydrogen (secondary N) is 1. The molecule has 1 atom stereocenters. The minimum atomic E-state index is -0.621. The second-order valence-electron chi connectivity index (χ2n) is 4.54. The number of halogens is 1. The van der Waals surface area contributed by atoms with Gasteiger partial charge in [-0.05, 0) is 17.7 Å². The molecule has 1 unspecified atom stereocenters. The molecule has 22 heavy (non-hydrogen) atoms. The van der Waals surface area contributed by atoms with Crippen molar-refractivity contribution in [2.75, 3.05) is 6.61 Å². The number of aliphatic hydroxyl groups excluding tert-OH is 1. The molecule has 1 amide bonds. The smallest absolute Gasteiger partial charge is 0.287 e. The van der Waals surface area contributed by atoms with Crippen LogP contribution in [0.5, 0.6) is 0 Å². The normalized spacial score (nSPS) is 11.7. The molecule has 2 N–H and O–H groups in total. The van der Waals surface area contributed by atoms with Crippen LogP contribution in [0.1, 0.15) is 22.0 Å². The molecule has 0 spiro atoms. The van der Waals surface area contributed by atoms with Gasteiger partial charge in [-0.3, -0.25) is 14.9 Å². The van der Waals surface area contributed by atoms with Crippen molar-refractivity contribution in [1.29, 1.82) is 0 Å². The Morgan fingerprint density at radius 2 is 1.95 bits per heavy atom. The maximum Gasteiger partial charge on any atom is 0.287 e. The Hall–Kier alpha value is -2.44. The number of amides is 1. The topological polar surface area (TPSA) is 92.5 Å². The summed E-state index contributed by atoms with van der Waals surface area (Å²) < 4.78 is 0. The van der Waals surface area contributed by atoms with Crippen LogP contribution in [-0.2, 0) is 0 Å². The Morgan fingerprint density at radius 1 is 1.27 bits per heavy atom. The van der Waals surface area contributed by atoms with Gasteiger partial charge in [0.2, 0.25) is 0 Å². The Bertz CT molecular complexity index is 691. The number of carbonyl (C=O) groups excluding carboxylic acids is 1. The van der Waals surface area contributed by atoms with Crippen LogP contribution >= 0.6 is 11.6 Å². The first-order chi connectivity index (χ1) is 10.5. The lowest BCUT2D eigenvalue weighted by Gasteiger charge is -2.16. The van der Waals surface area contributed by atoms with Gasteiger partial charge in [-0.2, -0.15) is 0 Å². The van der Waals surface area contributed by atoms with Crippen molar-refractivity contribution in [2.45, 2.75) is 6.04 Å². The summed E-state index contributed by atoms with van der Waals surface area (Å²) in [4.78, 5) is 22.2. The van der Waals surface area contributed by atoms with E-state index in [2.05, 4.69) is 5.32 Å². The molecule has 0 aliphatic carbocycles. The molecular weight excluding hydrogens is 308 g/mol. The molecular formula is C15H13ClN2O4. The van der Waals surface area contributed by atoms with Gasteiger partial charge in [0.15, 0.2) is 0 Å². The number of hydrogen-bond acceptors (Lipinski definition) is 4. The van der Waals surface area contributed by atoms with Crippen molar-refractivity contribution in [3.8, 4) is 0 Å². The van der Waals surface area contributed by atoms with E-state index in [1.54, 1.807) is 24.3 Å². The molecule has 0 fully saturated rings. The molecule has 7 heteroatoms. The van der Waals surface area contributed by atoms with Crippen LogP contribution in [0.3, 0.4) is 0 Å². The van der Waals surface area contributed by atoms with Crippen molar-refractivity contribution in [2.24, 2.45) is 0 Å². The van der Waals surface area contributed by atoms with E-state index >= 15 is 0 Å². The summed E-state index contributed by atoms with van der Waals surface area (Å²) in [6, 6.07) is 12.1. The molecule has 2 aromatic rings. The minimum absolute atomic E-state index is 0.113. The fourth-order valence-electron chi connectivity index (χ4n) is 1.96. The lowest BCUT2D eigenvalue weighted by Crippen LogP contribution is -2.30. The van der Waals surface area contributed by atoms with E-state index in [9.17, 15) is 20.0 Å². The van der Waals surface area contributed by atoms with Crippen LogP contribution < -0.4 is 5.32 Å². The van der Waals surface area contributed by atoms with Gasteiger partial charge in [0.25, 0.3) is 11.6 Å². The Labute approximate surface area is 131 Å². The van der Waals surface area contributed by atoms with Crippen molar-refractivity contribution in [3.63, 3.8) is 0 Å². The third-order valence-corrected chi connectivity index (χ3v) is 3.40. The fourth-order valence-corrected chi connectivity index (χ4v) is 2.21. The Kier molecular flexibility index (Phi) is 5.08. The maximum absolute atomic E-state index is 12.2. The molecule has 0 aromatic heterocycles. The fraction of sp³-hybridized carbons (Fsp3) is 0.133. The molecule has 0 radical (unpaired) electrons. The first-order valence-electron chi connectivity index (χ1n) is 6.43. The third-order valence-electron chi connectivity index (χ3n) is 3.10. The molecule has 114 valence electrons. The summed E-state index contributed by atoms with van der Waals surface area (Å²) in [6.07, 6.45) is 0. The molecule has 0 aliphatic heterocycles. The first-order valence-corrected chi connectivity index (χ1v) is 6.81. The summed E-state index contributed by atoms with van der Waals surface area (Å²) in [5, 5.41) is 22.7. The van der Waals surface area contributed by atoms with E-state index in [1.807, 2.05) is 6.07 Å². The lowest BCUT2D eigenvalue weighted by molar-refractivity contribution is -0.384. The lowest BCUT2D eigenvalue weighted by atomic mass is 10.1. The number of benzene rings is 2. The highest BCUT2D eigenvalue weighted by Crippen LogP contribution is 2.25. The summed E-state index contributed by atoms with van der Waals surface area (Å²) >= 11 is 5.78. The van der Waals surface area contributed by atoms with Crippen LogP contribution in [-0.4, -0.2) is 22.5 Å². The number of nitrogens with zero attached hydrogens (tertiary/aromatic N) is 1. The molecule has 6 nitrogen and oxygen atoms in total. The standard InChI is InChI=1S/C15H13ClN2O4/c16-12-8-11(6-7-14(12)18(21)22)15(20)17-13(9-19)10-4-2-1-3-5-10/h1-8,13,19H,9H2,(H,17,20). The zero-order chi connectivity index (χ0) is 16.1. The van der Waals surface area contributed by atoms with Crippen molar-refractivity contribution < 1.29 is 14.8 Å². The number of carbonyl (C=O) groups is 1. The predicted molar refractivity (Wildman–Crippen MR) is 81.8 cm³/mol.